The number of nitrogens with zero attached hydrogens (tertiary/aromatic N) is 2. The summed E-state index contributed by atoms with van der Waals surface area (Å²) in [6.07, 6.45) is 0. The molecule has 0 atom stereocenters. The summed E-state index contributed by atoms with van der Waals surface area (Å²) < 4.78 is 23.1. The lowest BCUT2D eigenvalue weighted by Crippen LogP contribution is -2.47. The molecule has 0 radical (unpaired) electrons. The number of carbonyl (C=O) groups is 1. The topological polar surface area (TPSA) is 77.9 Å². The van der Waals surface area contributed by atoms with Crippen LogP contribution in [0.2, 0.25) is 5.02 Å². The lowest BCUT2D eigenvalue weighted by molar-refractivity contribution is -0.134. The largest absolute Gasteiger partial charge is 0.480 e. The molecule has 1 aromatic carbocycles. The zero-order chi connectivity index (χ0) is 16.2. The zero-order valence-electron chi connectivity index (χ0n) is 12.1. The molecule has 0 saturated carbocycles. The summed E-state index contributed by atoms with van der Waals surface area (Å²) in [6, 6.07) is 7.64. The van der Waals surface area contributed by atoms with E-state index in [1.54, 1.807) is 0 Å². The molecule has 1 aromatic rings. The predicted octanol–water partition coefficient (Wildman–Crippen LogP) is 0.961. The number of rotatable bonds is 6. The van der Waals surface area contributed by atoms with Crippen molar-refractivity contribution in [2.45, 2.75) is 0 Å². The Morgan fingerprint density at radius 1 is 1.23 bits per heavy atom. The number of carboxylic acid groups (broad SMARTS) is 1. The van der Waals surface area contributed by atoms with Gasteiger partial charge in [-0.25, -0.2) is 8.42 Å². The Morgan fingerprint density at radius 2 is 1.91 bits per heavy atom. The Bertz CT molecular complexity index is 627. The first-order valence-corrected chi connectivity index (χ1v) is 9.21. The molecular weight excluding hydrogens is 328 g/mol. The lowest BCUT2D eigenvalue weighted by Gasteiger charge is -2.36. The molecule has 0 aromatic heterocycles. The van der Waals surface area contributed by atoms with Crippen molar-refractivity contribution in [2.24, 2.45) is 0 Å². The lowest BCUT2D eigenvalue weighted by atomic mass is 10.2. The van der Waals surface area contributed by atoms with Crippen molar-refractivity contribution in [3.8, 4) is 0 Å². The number of carboxylic acids is 1. The van der Waals surface area contributed by atoms with E-state index in [2.05, 4.69) is 4.90 Å². The maximum absolute atomic E-state index is 11.6. The molecule has 1 aliphatic heterocycles. The Balaban J connectivity index is 1.81. The molecule has 1 saturated heterocycles. The van der Waals surface area contributed by atoms with Gasteiger partial charge in [-0.15, -0.1) is 0 Å². The number of aliphatic carboxylic acids is 1. The van der Waals surface area contributed by atoms with Crippen molar-refractivity contribution in [3.63, 3.8) is 0 Å². The highest BCUT2D eigenvalue weighted by atomic mass is 35.5. The number of halogens is 1. The second-order valence-electron chi connectivity index (χ2n) is 5.29. The van der Waals surface area contributed by atoms with Crippen molar-refractivity contribution >= 4 is 33.1 Å². The van der Waals surface area contributed by atoms with E-state index < -0.39 is 21.6 Å². The van der Waals surface area contributed by atoms with Gasteiger partial charge in [0.25, 0.3) is 0 Å². The van der Waals surface area contributed by atoms with E-state index in [4.69, 9.17) is 16.7 Å². The van der Waals surface area contributed by atoms with Crippen molar-refractivity contribution in [3.05, 3.63) is 29.3 Å². The van der Waals surface area contributed by atoms with E-state index in [9.17, 15) is 13.2 Å². The molecule has 0 amide bonds. The third-order valence-corrected chi connectivity index (χ3v) is 5.33. The number of anilines is 1. The molecule has 22 heavy (non-hydrogen) atoms. The summed E-state index contributed by atoms with van der Waals surface area (Å²) in [5, 5.41) is 9.25. The Kier molecular flexibility index (Phi) is 5.66. The van der Waals surface area contributed by atoms with Crippen LogP contribution in [-0.4, -0.2) is 68.6 Å². The molecule has 0 spiro atoms. The number of hydrogen-bond acceptors (Lipinski definition) is 5. The molecule has 1 N–H and O–H groups in total. The normalized spacial score (nSPS) is 16.7. The number of benzene rings is 1. The number of piperazine rings is 1. The van der Waals surface area contributed by atoms with Gasteiger partial charge in [-0.05, 0) is 18.2 Å². The van der Waals surface area contributed by atoms with Gasteiger partial charge >= 0.3 is 5.97 Å². The van der Waals surface area contributed by atoms with Crippen molar-refractivity contribution < 1.29 is 18.3 Å². The van der Waals surface area contributed by atoms with Crippen molar-refractivity contribution in [2.75, 3.05) is 49.1 Å². The second kappa shape index (κ2) is 7.30. The molecule has 6 nitrogen and oxygen atoms in total. The fourth-order valence-corrected chi connectivity index (χ4v) is 3.67. The maximum Gasteiger partial charge on any atom is 0.318 e. The Morgan fingerprint density at radius 3 is 2.50 bits per heavy atom. The van der Waals surface area contributed by atoms with Gasteiger partial charge in [-0.1, -0.05) is 17.7 Å². The monoisotopic (exact) mass is 346 g/mol. The highest BCUT2D eigenvalue weighted by Crippen LogP contribution is 2.20. The van der Waals surface area contributed by atoms with Gasteiger partial charge in [-0.3, -0.25) is 9.69 Å². The van der Waals surface area contributed by atoms with E-state index in [1.165, 1.54) is 0 Å². The van der Waals surface area contributed by atoms with Gasteiger partial charge in [0.2, 0.25) is 0 Å². The number of sulfone groups is 1. The zero-order valence-corrected chi connectivity index (χ0v) is 13.7. The van der Waals surface area contributed by atoms with E-state index in [1.807, 2.05) is 29.2 Å². The highest BCUT2D eigenvalue weighted by molar-refractivity contribution is 7.92. The van der Waals surface area contributed by atoms with Crippen molar-refractivity contribution in [1.29, 1.82) is 0 Å². The molecule has 1 fully saturated rings. The SMILES string of the molecule is O=C(O)CS(=O)(=O)CCN1CCN(c2cccc(Cl)c2)CC1. The van der Waals surface area contributed by atoms with Gasteiger partial charge in [0.05, 0.1) is 5.75 Å². The minimum absolute atomic E-state index is 0.115. The van der Waals surface area contributed by atoms with Gasteiger partial charge in [0.15, 0.2) is 9.84 Å². The van der Waals surface area contributed by atoms with Crippen LogP contribution in [0.4, 0.5) is 5.69 Å². The smallest absolute Gasteiger partial charge is 0.318 e. The Labute approximate surface area is 135 Å². The van der Waals surface area contributed by atoms with Gasteiger partial charge in [-0.2, -0.15) is 0 Å². The van der Waals surface area contributed by atoms with Crippen molar-refractivity contribution in [1.82, 2.24) is 4.90 Å². The molecule has 2 rings (SSSR count). The summed E-state index contributed by atoms with van der Waals surface area (Å²) in [7, 11) is -3.52. The van der Waals surface area contributed by atoms with Crippen LogP contribution in [-0.2, 0) is 14.6 Å². The summed E-state index contributed by atoms with van der Waals surface area (Å²) in [5.41, 5.74) is 1.06. The quantitative estimate of drug-likeness (QED) is 0.826. The summed E-state index contributed by atoms with van der Waals surface area (Å²) in [4.78, 5) is 14.7. The maximum atomic E-state index is 11.6. The molecule has 0 unspecified atom stereocenters. The van der Waals surface area contributed by atoms with E-state index in [0.717, 1.165) is 31.9 Å². The predicted molar refractivity (Wildman–Crippen MR) is 86.4 cm³/mol. The average Bonchev–Trinajstić information content (AvgIpc) is 2.44. The van der Waals surface area contributed by atoms with Crippen LogP contribution >= 0.6 is 11.6 Å². The third kappa shape index (κ3) is 5.15. The average molecular weight is 347 g/mol. The van der Waals surface area contributed by atoms with Gasteiger partial charge in [0, 0.05) is 43.4 Å². The summed E-state index contributed by atoms with van der Waals surface area (Å²) in [5.74, 6) is -2.21. The highest BCUT2D eigenvalue weighted by Gasteiger charge is 2.21. The van der Waals surface area contributed by atoms with Crippen LogP contribution in [0.3, 0.4) is 0 Å². The Hall–Kier alpha value is -1.31. The fourth-order valence-electron chi connectivity index (χ4n) is 2.43. The molecule has 0 aliphatic carbocycles. The van der Waals surface area contributed by atoms with E-state index in [-0.39, 0.29) is 5.75 Å². The second-order valence-corrected chi connectivity index (χ2v) is 7.91. The molecule has 122 valence electrons. The van der Waals surface area contributed by atoms with Gasteiger partial charge in [0.1, 0.15) is 5.75 Å². The molecule has 0 bridgehead atoms. The first-order chi connectivity index (χ1) is 10.4. The minimum atomic E-state index is -3.52. The van der Waals surface area contributed by atoms with Crippen LogP contribution < -0.4 is 4.90 Å². The fraction of sp³-hybridized carbons (Fsp3) is 0.500. The molecule has 1 heterocycles. The molecular formula is C14H19ClN2O4S. The van der Waals surface area contributed by atoms with E-state index in [0.29, 0.717) is 11.6 Å². The van der Waals surface area contributed by atoms with Crippen LogP contribution in [0.15, 0.2) is 24.3 Å². The molecule has 8 heteroatoms. The van der Waals surface area contributed by atoms with E-state index >= 15 is 0 Å². The number of hydrogen-bond donors (Lipinski definition) is 1. The first-order valence-electron chi connectivity index (χ1n) is 7.01. The third-order valence-electron chi connectivity index (χ3n) is 3.61. The van der Waals surface area contributed by atoms with Crippen LogP contribution in [0, 0.1) is 0 Å². The first kappa shape index (κ1) is 17.1. The van der Waals surface area contributed by atoms with Crippen LogP contribution in [0.1, 0.15) is 0 Å². The summed E-state index contributed by atoms with van der Waals surface area (Å²) in [6.45, 7) is 3.45. The standard InChI is InChI=1S/C14H19ClN2O4S/c15-12-2-1-3-13(10-12)17-6-4-16(5-7-17)8-9-22(20,21)11-14(18)19/h1-3,10H,4-9,11H2,(H,18,19). The van der Waals surface area contributed by atoms with Crippen LogP contribution in [0.25, 0.3) is 0 Å². The van der Waals surface area contributed by atoms with Gasteiger partial charge < -0.3 is 10.0 Å². The van der Waals surface area contributed by atoms with Crippen LogP contribution in [0.5, 0.6) is 0 Å². The molecule has 1 aliphatic rings. The minimum Gasteiger partial charge on any atom is -0.480 e. The summed E-state index contributed by atoms with van der Waals surface area (Å²) >= 11 is 5.98.